The highest BCUT2D eigenvalue weighted by Crippen LogP contribution is 2.20. The van der Waals surface area contributed by atoms with Crippen molar-refractivity contribution in [1.82, 2.24) is 4.31 Å². The Labute approximate surface area is 179 Å². The molecule has 7 heteroatoms. The summed E-state index contributed by atoms with van der Waals surface area (Å²) in [5.74, 6) is -0.167. The molecule has 0 radical (unpaired) electrons. The molecule has 150 valence electrons. The molecule has 0 saturated carbocycles. The zero-order valence-corrected chi connectivity index (χ0v) is 18.3. The van der Waals surface area contributed by atoms with Crippen molar-refractivity contribution in [2.24, 2.45) is 0 Å². The van der Waals surface area contributed by atoms with E-state index in [-0.39, 0.29) is 23.8 Å². The second-order valence-electron chi connectivity index (χ2n) is 6.63. The predicted octanol–water partition coefficient (Wildman–Crippen LogP) is 4.45. The van der Waals surface area contributed by atoms with Crippen LogP contribution in [0.25, 0.3) is 0 Å². The van der Waals surface area contributed by atoms with Crippen LogP contribution >= 0.6 is 15.9 Å². The van der Waals surface area contributed by atoms with Crippen LogP contribution in [-0.4, -0.2) is 25.7 Å². The maximum absolute atomic E-state index is 12.8. The first-order chi connectivity index (χ1) is 13.8. The number of amides is 1. The molecular formula is C22H21BrN2O3S. The first-order valence-corrected chi connectivity index (χ1v) is 11.2. The maximum atomic E-state index is 12.8. The molecule has 0 fully saturated rings. The highest BCUT2D eigenvalue weighted by molar-refractivity contribution is 9.10. The molecule has 1 amide bonds. The lowest BCUT2D eigenvalue weighted by Gasteiger charge is -2.17. The molecule has 0 saturated heterocycles. The first-order valence-electron chi connectivity index (χ1n) is 8.99. The van der Waals surface area contributed by atoms with Gasteiger partial charge in [-0.25, -0.2) is 8.42 Å². The second kappa shape index (κ2) is 9.35. The van der Waals surface area contributed by atoms with Crippen molar-refractivity contribution in [2.75, 3.05) is 12.4 Å². The van der Waals surface area contributed by atoms with E-state index >= 15 is 0 Å². The average molecular weight is 473 g/mol. The van der Waals surface area contributed by atoms with E-state index in [0.717, 1.165) is 15.6 Å². The van der Waals surface area contributed by atoms with Gasteiger partial charge in [0, 0.05) is 23.8 Å². The van der Waals surface area contributed by atoms with Gasteiger partial charge in [-0.15, -0.1) is 0 Å². The summed E-state index contributed by atoms with van der Waals surface area (Å²) in [4.78, 5) is 12.4. The summed E-state index contributed by atoms with van der Waals surface area (Å²) in [6, 6.07) is 23.2. The highest BCUT2D eigenvalue weighted by atomic mass is 79.9. The monoisotopic (exact) mass is 472 g/mol. The van der Waals surface area contributed by atoms with Crippen molar-refractivity contribution >= 4 is 37.5 Å². The summed E-state index contributed by atoms with van der Waals surface area (Å²) in [6.45, 7) is 0.286. The Morgan fingerprint density at radius 2 is 1.59 bits per heavy atom. The topological polar surface area (TPSA) is 66.5 Å². The predicted molar refractivity (Wildman–Crippen MR) is 118 cm³/mol. The number of sulfonamides is 1. The maximum Gasteiger partial charge on any atom is 0.243 e. The van der Waals surface area contributed by atoms with Gasteiger partial charge in [0.15, 0.2) is 0 Å². The number of nitrogens with zero attached hydrogens (tertiary/aromatic N) is 1. The molecule has 0 aliphatic heterocycles. The van der Waals surface area contributed by atoms with E-state index in [2.05, 4.69) is 21.2 Å². The third-order valence-corrected chi connectivity index (χ3v) is 6.66. The Balaban J connectivity index is 1.65. The fourth-order valence-electron chi connectivity index (χ4n) is 2.85. The normalized spacial score (nSPS) is 11.4. The van der Waals surface area contributed by atoms with E-state index in [4.69, 9.17) is 0 Å². The van der Waals surface area contributed by atoms with Gasteiger partial charge in [0.2, 0.25) is 15.9 Å². The van der Waals surface area contributed by atoms with Crippen LogP contribution in [0.15, 0.2) is 88.2 Å². The molecule has 0 atom stereocenters. The Morgan fingerprint density at radius 1 is 0.931 bits per heavy atom. The minimum Gasteiger partial charge on any atom is -0.326 e. The second-order valence-corrected chi connectivity index (χ2v) is 9.59. The fraction of sp³-hybridized carbons (Fsp3) is 0.136. The van der Waals surface area contributed by atoms with E-state index in [1.807, 2.05) is 54.6 Å². The first kappa shape index (κ1) is 21.2. The third kappa shape index (κ3) is 5.76. The molecule has 0 heterocycles. The smallest absolute Gasteiger partial charge is 0.243 e. The molecule has 0 aromatic heterocycles. The summed E-state index contributed by atoms with van der Waals surface area (Å²) in [5.41, 5.74) is 2.35. The van der Waals surface area contributed by atoms with E-state index < -0.39 is 10.0 Å². The minimum atomic E-state index is -3.62. The van der Waals surface area contributed by atoms with E-state index in [0.29, 0.717) is 5.69 Å². The molecule has 0 unspecified atom stereocenters. The van der Waals surface area contributed by atoms with Gasteiger partial charge in [-0.05, 0) is 47.5 Å². The summed E-state index contributed by atoms with van der Waals surface area (Å²) in [6.07, 6.45) is 0.235. The summed E-state index contributed by atoms with van der Waals surface area (Å²) < 4.78 is 27.8. The van der Waals surface area contributed by atoms with Gasteiger partial charge in [0.25, 0.3) is 0 Å². The van der Waals surface area contributed by atoms with Crippen LogP contribution in [0.2, 0.25) is 0 Å². The molecule has 3 aromatic carbocycles. The number of nitrogens with one attached hydrogen (secondary N) is 1. The molecular weight excluding hydrogens is 452 g/mol. The number of carbonyl (C=O) groups is 1. The molecule has 0 bridgehead atoms. The number of rotatable bonds is 7. The fourth-order valence-corrected chi connectivity index (χ4v) is 4.46. The number of hydrogen-bond donors (Lipinski definition) is 1. The molecule has 0 spiro atoms. The standard InChI is InChI=1S/C22H21BrN2O3S/c1-25(16-17-6-3-2-4-7-17)29(27,28)21-12-10-20(11-13-21)24-22(26)15-18-8-5-9-19(23)14-18/h2-14H,15-16H2,1H3,(H,24,26). The summed E-state index contributed by atoms with van der Waals surface area (Å²) in [5, 5.41) is 2.79. The largest absolute Gasteiger partial charge is 0.326 e. The Bertz CT molecular complexity index is 1080. The molecule has 5 nitrogen and oxygen atoms in total. The van der Waals surface area contributed by atoms with Crippen molar-refractivity contribution in [2.45, 2.75) is 17.9 Å². The SMILES string of the molecule is CN(Cc1ccccc1)S(=O)(=O)c1ccc(NC(=O)Cc2cccc(Br)c2)cc1. The average Bonchev–Trinajstić information content (AvgIpc) is 2.69. The zero-order chi connectivity index (χ0) is 20.9. The minimum absolute atomic E-state index is 0.167. The lowest BCUT2D eigenvalue weighted by molar-refractivity contribution is -0.115. The van der Waals surface area contributed by atoms with Crippen LogP contribution in [-0.2, 0) is 27.8 Å². The van der Waals surface area contributed by atoms with Crippen LogP contribution in [0.3, 0.4) is 0 Å². The van der Waals surface area contributed by atoms with Crippen LogP contribution in [0.1, 0.15) is 11.1 Å². The van der Waals surface area contributed by atoms with Crippen molar-refractivity contribution in [3.05, 3.63) is 94.5 Å². The summed E-state index contributed by atoms with van der Waals surface area (Å²) in [7, 11) is -2.07. The van der Waals surface area contributed by atoms with Crippen LogP contribution in [0, 0.1) is 0 Å². The van der Waals surface area contributed by atoms with Crippen LogP contribution in [0.5, 0.6) is 0 Å². The number of carbonyl (C=O) groups excluding carboxylic acids is 1. The molecule has 0 aliphatic rings. The summed E-state index contributed by atoms with van der Waals surface area (Å²) >= 11 is 3.39. The van der Waals surface area contributed by atoms with Gasteiger partial charge < -0.3 is 5.32 Å². The van der Waals surface area contributed by atoms with E-state index in [1.165, 1.54) is 16.4 Å². The number of halogens is 1. The molecule has 3 aromatic rings. The van der Waals surface area contributed by atoms with Crippen molar-refractivity contribution in [1.29, 1.82) is 0 Å². The molecule has 3 rings (SSSR count). The van der Waals surface area contributed by atoms with Crippen LogP contribution < -0.4 is 5.32 Å². The quantitative estimate of drug-likeness (QED) is 0.552. The molecule has 1 N–H and O–H groups in total. The zero-order valence-electron chi connectivity index (χ0n) is 15.9. The van der Waals surface area contributed by atoms with E-state index in [9.17, 15) is 13.2 Å². The Kier molecular flexibility index (Phi) is 6.84. The highest BCUT2D eigenvalue weighted by Gasteiger charge is 2.20. The molecule has 0 aliphatic carbocycles. The third-order valence-electron chi connectivity index (χ3n) is 4.35. The van der Waals surface area contributed by atoms with Gasteiger partial charge in [-0.1, -0.05) is 58.4 Å². The van der Waals surface area contributed by atoms with Gasteiger partial charge >= 0.3 is 0 Å². The van der Waals surface area contributed by atoms with Gasteiger partial charge in [-0.2, -0.15) is 4.31 Å². The van der Waals surface area contributed by atoms with Crippen molar-refractivity contribution in [3.8, 4) is 0 Å². The number of hydrogen-bond acceptors (Lipinski definition) is 3. The number of anilines is 1. The van der Waals surface area contributed by atoms with Crippen molar-refractivity contribution < 1.29 is 13.2 Å². The number of benzene rings is 3. The Morgan fingerprint density at radius 3 is 2.24 bits per heavy atom. The Hall–Kier alpha value is -2.48. The van der Waals surface area contributed by atoms with Gasteiger partial charge in [0.1, 0.15) is 0 Å². The van der Waals surface area contributed by atoms with Gasteiger partial charge in [0.05, 0.1) is 11.3 Å². The van der Waals surface area contributed by atoms with Crippen molar-refractivity contribution in [3.63, 3.8) is 0 Å². The molecule has 29 heavy (non-hydrogen) atoms. The van der Waals surface area contributed by atoms with E-state index in [1.54, 1.807) is 19.2 Å². The van der Waals surface area contributed by atoms with Crippen LogP contribution in [0.4, 0.5) is 5.69 Å². The lowest BCUT2D eigenvalue weighted by atomic mass is 10.1. The van der Waals surface area contributed by atoms with Gasteiger partial charge in [-0.3, -0.25) is 4.79 Å². The lowest BCUT2D eigenvalue weighted by Crippen LogP contribution is -2.26.